The molecule has 4 N–H and O–H groups in total. The van der Waals surface area contributed by atoms with Gasteiger partial charge in [-0.2, -0.15) is 0 Å². The van der Waals surface area contributed by atoms with Gasteiger partial charge in [-0.15, -0.1) is 0 Å². The van der Waals surface area contributed by atoms with Crippen LogP contribution in [0.3, 0.4) is 0 Å². The highest BCUT2D eigenvalue weighted by molar-refractivity contribution is 7.89. The largest absolute Gasteiger partial charge is 0.507 e. The summed E-state index contributed by atoms with van der Waals surface area (Å²) >= 11 is 0. The molecule has 1 aromatic heterocycles. The zero-order valence-corrected chi connectivity index (χ0v) is 12.6. The number of carbonyl (C=O) groups is 1. The van der Waals surface area contributed by atoms with Gasteiger partial charge in [0, 0.05) is 18.9 Å². The molecule has 0 bridgehead atoms. The molecule has 122 valence electrons. The Labute approximate surface area is 132 Å². The number of phenolic OH excluding ortho intramolecular Hbond substituents is 1. The molecule has 2 rings (SSSR count). The number of aliphatic hydroxyl groups excluding tert-OH is 1. The van der Waals surface area contributed by atoms with Crippen molar-refractivity contribution in [1.82, 2.24) is 9.71 Å². The summed E-state index contributed by atoms with van der Waals surface area (Å²) in [5, 5.41) is 28.5. The SMILES string of the molecule is O=C(O)c1ccc(O)c(S(=O)(=O)NCC(O)c2ccncc2)c1. The van der Waals surface area contributed by atoms with E-state index < -0.39 is 32.7 Å². The highest BCUT2D eigenvalue weighted by Gasteiger charge is 2.22. The van der Waals surface area contributed by atoms with E-state index in [0.29, 0.717) is 5.56 Å². The number of aliphatic hydroxyl groups is 1. The number of benzene rings is 1. The highest BCUT2D eigenvalue weighted by atomic mass is 32.2. The lowest BCUT2D eigenvalue weighted by Gasteiger charge is -2.13. The first-order valence-corrected chi connectivity index (χ1v) is 7.93. The van der Waals surface area contributed by atoms with Gasteiger partial charge in [0.05, 0.1) is 11.7 Å². The third-order valence-electron chi connectivity index (χ3n) is 3.05. The average molecular weight is 338 g/mol. The number of carboxylic acids is 1. The van der Waals surface area contributed by atoms with Gasteiger partial charge in [-0.25, -0.2) is 17.9 Å². The predicted octanol–water partition coefficient (Wildman–Crippen LogP) is 0.497. The quantitative estimate of drug-likeness (QED) is 0.602. The van der Waals surface area contributed by atoms with E-state index in [1.165, 1.54) is 24.5 Å². The molecule has 0 aliphatic rings. The van der Waals surface area contributed by atoms with Crippen LogP contribution in [-0.4, -0.2) is 41.2 Å². The number of rotatable bonds is 6. The van der Waals surface area contributed by atoms with E-state index in [4.69, 9.17) is 5.11 Å². The minimum absolute atomic E-state index is 0.280. The first kappa shape index (κ1) is 16.9. The van der Waals surface area contributed by atoms with Crippen LogP contribution < -0.4 is 4.72 Å². The van der Waals surface area contributed by atoms with Gasteiger partial charge in [-0.3, -0.25) is 4.98 Å². The van der Waals surface area contributed by atoms with E-state index >= 15 is 0 Å². The molecule has 0 aliphatic carbocycles. The van der Waals surface area contributed by atoms with E-state index in [2.05, 4.69) is 9.71 Å². The molecule has 0 fully saturated rings. The summed E-state index contributed by atoms with van der Waals surface area (Å²) in [5.41, 5.74) is 0.184. The van der Waals surface area contributed by atoms with E-state index in [9.17, 15) is 23.4 Å². The van der Waals surface area contributed by atoms with E-state index in [0.717, 1.165) is 18.2 Å². The van der Waals surface area contributed by atoms with Crippen molar-refractivity contribution in [3.63, 3.8) is 0 Å². The summed E-state index contributed by atoms with van der Waals surface area (Å²) in [5.74, 6) is -1.90. The van der Waals surface area contributed by atoms with Crippen molar-refractivity contribution in [2.24, 2.45) is 0 Å². The molecule has 9 heteroatoms. The summed E-state index contributed by atoms with van der Waals surface area (Å²) in [6, 6.07) is 5.97. The molecule has 1 heterocycles. The van der Waals surface area contributed by atoms with Crippen molar-refractivity contribution < 1.29 is 28.5 Å². The molecule has 23 heavy (non-hydrogen) atoms. The second kappa shape index (κ2) is 6.73. The van der Waals surface area contributed by atoms with Crippen molar-refractivity contribution in [3.8, 4) is 5.75 Å². The number of hydrogen-bond acceptors (Lipinski definition) is 6. The van der Waals surface area contributed by atoms with Gasteiger partial charge in [-0.1, -0.05) is 0 Å². The van der Waals surface area contributed by atoms with Crippen LogP contribution in [0.2, 0.25) is 0 Å². The lowest BCUT2D eigenvalue weighted by atomic mass is 10.1. The first-order chi connectivity index (χ1) is 10.8. The van der Waals surface area contributed by atoms with E-state index in [-0.39, 0.29) is 12.1 Å². The Hall–Kier alpha value is -2.49. The second-order valence-electron chi connectivity index (χ2n) is 4.64. The Kier molecular flexibility index (Phi) is 4.94. The van der Waals surface area contributed by atoms with Crippen LogP contribution in [0.15, 0.2) is 47.6 Å². The number of carboxylic acid groups (broad SMARTS) is 1. The highest BCUT2D eigenvalue weighted by Crippen LogP contribution is 2.24. The maximum atomic E-state index is 12.2. The monoisotopic (exact) mass is 338 g/mol. The number of phenols is 1. The number of pyridine rings is 1. The maximum Gasteiger partial charge on any atom is 0.335 e. The number of aromatic hydroxyl groups is 1. The van der Waals surface area contributed by atoms with Crippen molar-refractivity contribution in [1.29, 1.82) is 0 Å². The van der Waals surface area contributed by atoms with Crippen LogP contribution in [0.1, 0.15) is 22.0 Å². The average Bonchev–Trinajstić information content (AvgIpc) is 2.53. The number of aromatic nitrogens is 1. The molecule has 0 amide bonds. The zero-order chi connectivity index (χ0) is 17.0. The third kappa shape index (κ3) is 4.03. The predicted molar refractivity (Wildman–Crippen MR) is 79.5 cm³/mol. The van der Waals surface area contributed by atoms with Crippen molar-refractivity contribution in [3.05, 3.63) is 53.9 Å². The fraction of sp³-hybridized carbons (Fsp3) is 0.143. The molecular weight excluding hydrogens is 324 g/mol. The summed E-state index contributed by atoms with van der Waals surface area (Å²) in [6.07, 6.45) is 1.79. The Morgan fingerprint density at radius 3 is 2.48 bits per heavy atom. The van der Waals surface area contributed by atoms with Crippen molar-refractivity contribution in [2.45, 2.75) is 11.0 Å². The van der Waals surface area contributed by atoms with Gasteiger partial charge >= 0.3 is 5.97 Å². The molecule has 1 atom stereocenters. The molecule has 1 unspecified atom stereocenters. The summed E-state index contributed by atoms with van der Waals surface area (Å²) in [7, 11) is -4.19. The minimum atomic E-state index is -4.19. The summed E-state index contributed by atoms with van der Waals surface area (Å²) in [4.78, 5) is 14.1. The van der Waals surface area contributed by atoms with Crippen LogP contribution in [-0.2, 0) is 10.0 Å². The molecule has 1 aromatic carbocycles. The number of nitrogens with one attached hydrogen (secondary N) is 1. The lowest BCUT2D eigenvalue weighted by molar-refractivity contribution is 0.0696. The fourth-order valence-electron chi connectivity index (χ4n) is 1.83. The van der Waals surface area contributed by atoms with Gasteiger partial charge < -0.3 is 15.3 Å². The molecule has 0 saturated heterocycles. The molecule has 0 spiro atoms. The zero-order valence-electron chi connectivity index (χ0n) is 11.7. The van der Waals surface area contributed by atoms with Crippen LogP contribution in [0, 0.1) is 0 Å². The lowest BCUT2D eigenvalue weighted by Crippen LogP contribution is -2.28. The van der Waals surface area contributed by atoms with Gasteiger partial charge in [0.15, 0.2) is 0 Å². The van der Waals surface area contributed by atoms with Crippen LogP contribution >= 0.6 is 0 Å². The molecule has 8 nitrogen and oxygen atoms in total. The molecular formula is C14H14N2O6S. The van der Waals surface area contributed by atoms with Crippen molar-refractivity contribution in [2.75, 3.05) is 6.54 Å². The summed E-state index contributed by atoms with van der Waals surface area (Å²) in [6.45, 7) is -0.344. The second-order valence-corrected chi connectivity index (χ2v) is 6.37. The third-order valence-corrected chi connectivity index (χ3v) is 4.51. The molecule has 2 aromatic rings. The van der Waals surface area contributed by atoms with E-state index in [1.54, 1.807) is 0 Å². The number of aromatic carboxylic acids is 1. The first-order valence-electron chi connectivity index (χ1n) is 6.45. The Morgan fingerprint density at radius 2 is 1.87 bits per heavy atom. The smallest absolute Gasteiger partial charge is 0.335 e. The van der Waals surface area contributed by atoms with Gasteiger partial charge in [0.2, 0.25) is 10.0 Å². The maximum absolute atomic E-state index is 12.2. The minimum Gasteiger partial charge on any atom is -0.507 e. The molecule has 0 saturated carbocycles. The van der Waals surface area contributed by atoms with Crippen LogP contribution in [0.4, 0.5) is 0 Å². The number of sulfonamides is 1. The Morgan fingerprint density at radius 1 is 1.22 bits per heavy atom. The number of hydrogen-bond donors (Lipinski definition) is 4. The van der Waals surface area contributed by atoms with Gasteiger partial charge in [-0.05, 0) is 35.9 Å². The number of nitrogens with zero attached hydrogens (tertiary/aromatic N) is 1. The Balaban J connectivity index is 2.19. The van der Waals surface area contributed by atoms with Crippen LogP contribution in [0.5, 0.6) is 5.75 Å². The molecule has 0 aliphatic heterocycles. The standard InChI is InChI=1S/C14H14N2O6S/c17-11-2-1-10(14(19)20)7-13(11)23(21,22)16-8-12(18)9-3-5-15-6-4-9/h1-7,12,16-18H,8H2,(H,19,20). The van der Waals surface area contributed by atoms with Gasteiger partial charge in [0.25, 0.3) is 0 Å². The van der Waals surface area contributed by atoms with Gasteiger partial charge in [0.1, 0.15) is 10.6 Å². The van der Waals surface area contributed by atoms with Crippen molar-refractivity contribution >= 4 is 16.0 Å². The molecule has 0 radical (unpaired) electrons. The van der Waals surface area contributed by atoms with Crippen LogP contribution in [0.25, 0.3) is 0 Å². The Bertz CT molecular complexity index is 807. The summed E-state index contributed by atoms with van der Waals surface area (Å²) < 4.78 is 26.5. The van der Waals surface area contributed by atoms with E-state index in [1.807, 2.05) is 0 Å². The fourth-order valence-corrected chi connectivity index (χ4v) is 2.99. The normalized spacial score (nSPS) is 12.7. The topological polar surface area (TPSA) is 137 Å².